The number of carbonyl (C=O) groups is 1. The number of fused-ring (bicyclic) bond motifs is 1. The van der Waals surface area contributed by atoms with Crippen LogP contribution in [0.1, 0.15) is 66.0 Å². The summed E-state index contributed by atoms with van der Waals surface area (Å²) in [5.41, 5.74) is 16.3. The van der Waals surface area contributed by atoms with Gasteiger partial charge in [0.05, 0.1) is 26.5 Å². The van der Waals surface area contributed by atoms with Crippen LogP contribution in [0.3, 0.4) is 0 Å². The summed E-state index contributed by atoms with van der Waals surface area (Å²) in [6, 6.07) is 12.0. The molecule has 9 nitrogen and oxygen atoms in total. The first-order valence-corrected chi connectivity index (χ1v) is 13.2. The lowest BCUT2D eigenvalue weighted by molar-refractivity contribution is -0.130. The number of nitrogen functional groups attached to an aromatic ring is 2. The maximum Gasteiger partial charge on any atom is 0.267 e. The summed E-state index contributed by atoms with van der Waals surface area (Å²) in [6.07, 6.45) is 12.9. The van der Waals surface area contributed by atoms with E-state index in [0.717, 1.165) is 35.1 Å². The van der Waals surface area contributed by atoms with E-state index >= 15 is 0 Å². The number of nitrogens with zero attached hydrogens (tertiary/aromatic N) is 4. The summed E-state index contributed by atoms with van der Waals surface area (Å²) >= 11 is 0. The van der Waals surface area contributed by atoms with Crippen LogP contribution < -0.4 is 20.9 Å². The van der Waals surface area contributed by atoms with Crippen LogP contribution in [0.4, 0.5) is 11.8 Å². The highest BCUT2D eigenvalue weighted by molar-refractivity contribution is 5.95. The minimum absolute atomic E-state index is 0.0834. The second-order valence-corrected chi connectivity index (χ2v) is 9.97. The van der Waals surface area contributed by atoms with E-state index in [1.807, 2.05) is 24.3 Å². The first-order chi connectivity index (χ1) is 19.0. The number of aromatic nitrogens is 2. The topological polar surface area (TPSA) is 129 Å². The van der Waals surface area contributed by atoms with Gasteiger partial charge in [-0.15, -0.1) is 0 Å². The van der Waals surface area contributed by atoms with Gasteiger partial charge in [-0.2, -0.15) is 10.1 Å². The lowest BCUT2D eigenvalue weighted by Gasteiger charge is -2.38. The van der Waals surface area contributed by atoms with Crippen LogP contribution in [0.25, 0.3) is 6.08 Å². The number of methoxy groups -OCH3 is 2. The van der Waals surface area contributed by atoms with Gasteiger partial charge in [0.1, 0.15) is 5.82 Å². The Kier molecular flexibility index (Phi) is 7.76. The van der Waals surface area contributed by atoms with Crippen LogP contribution in [0, 0.1) is 5.92 Å². The first kappa shape index (κ1) is 26.2. The Labute approximate surface area is 228 Å². The van der Waals surface area contributed by atoms with E-state index in [4.69, 9.17) is 20.9 Å². The predicted octanol–water partition coefficient (Wildman–Crippen LogP) is 4.76. The molecule has 1 unspecified atom stereocenters. The quantitative estimate of drug-likeness (QED) is 0.425. The molecule has 0 bridgehead atoms. The van der Waals surface area contributed by atoms with Crippen molar-refractivity contribution in [3.63, 3.8) is 0 Å². The molecule has 5 rings (SSSR count). The van der Waals surface area contributed by atoms with Crippen molar-refractivity contribution in [2.24, 2.45) is 11.0 Å². The summed E-state index contributed by atoms with van der Waals surface area (Å²) in [7, 11) is 3.16. The smallest absolute Gasteiger partial charge is 0.267 e. The molecule has 202 valence electrons. The van der Waals surface area contributed by atoms with Crippen molar-refractivity contribution in [3.05, 3.63) is 76.5 Å². The highest BCUT2D eigenvalue weighted by Crippen LogP contribution is 2.41. The second-order valence-electron chi connectivity index (χ2n) is 9.97. The van der Waals surface area contributed by atoms with E-state index in [1.54, 1.807) is 43.8 Å². The molecule has 0 saturated heterocycles. The number of rotatable bonds is 7. The number of ether oxygens (including phenoxy) is 2. The second kappa shape index (κ2) is 11.6. The maximum absolute atomic E-state index is 13.6. The number of anilines is 2. The van der Waals surface area contributed by atoms with Crippen molar-refractivity contribution in [1.29, 1.82) is 0 Å². The Balaban J connectivity index is 1.45. The molecule has 1 saturated carbocycles. The fourth-order valence-electron chi connectivity index (χ4n) is 5.63. The third kappa shape index (κ3) is 5.57. The van der Waals surface area contributed by atoms with Gasteiger partial charge < -0.3 is 20.9 Å². The molecule has 1 atom stereocenters. The van der Waals surface area contributed by atoms with E-state index in [1.165, 1.54) is 19.3 Å². The Morgan fingerprint density at radius 3 is 2.64 bits per heavy atom. The van der Waals surface area contributed by atoms with Gasteiger partial charge in [0.15, 0.2) is 11.5 Å². The van der Waals surface area contributed by atoms with E-state index in [-0.39, 0.29) is 17.9 Å². The van der Waals surface area contributed by atoms with Crippen molar-refractivity contribution in [3.8, 4) is 11.5 Å². The Morgan fingerprint density at radius 1 is 1.10 bits per heavy atom. The zero-order chi connectivity index (χ0) is 27.4. The first-order valence-electron chi connectivity index (χ1n) is 13.2. The largest absolute Gasteiger partial charge is 0.493 e. The molecule has 2 aromatic carbocycles. The number of benzene rings is 2. The molecule has 1 fully saturated rings. The zero-order valence-corrected chi connectivity index (χ0v) is 22.3. The molecule has 2 aliphatic rings. The van der Waals surface area contributed by atoms with E-state index < -0.39 is 0 Å². The monoisotopic (exact) mass is 526 g/mol. The lowest BCUT2D eigenvalue weighted by atomic mass is 9.79. The molecule has 1 aromatic heterocycles. The Bertz CT molecular complexity index is 1410. The van der Waals surface area contributed by atoms with Crippen molar-refractivity contribution < 1.29 is 14.3 Å². The zero-order valence-electron chi connectivity index (χ0n) is 22.3. The van der Waals surface area contributed by atoms with Crippen LogP contribution in [0.15, 0.2) is 53.8 Å². The average Bonchev–Trinajstić information content (AvgIpc) is 2.96. The van der Waals surface area contributed by atoms with Gasteiger partial charge in [-0.1, -0.05) is 43.5 Å². The number of carbonyl (C=O) groups excluding carboxylic acids is 1. The van der Waals surface area contributed by atoms with Crippen molar-refractivity contribution in [2.45, 2.75) is 44.6 Å². The molecule has 2 heterocycles. The van der Waals surface area contributed by atoms with E-state index in [2.05, 4.69) is 27.2 Å². The van der Waals surface area contributed by atoms with Gasteiger partial charge in [0.2, 0.25) is 5.95 Å². The highest BCUT2D eigenvalue weighted by atomic mass is 16.5. The standard InChI is InChI=1S/C30H34N6O3/c1-38-25-16-19(15-23-17-33-30(32)35-29(23)31)14-21(28(25)39-2)12-13-26(37)36-27(20-8-4-3-5-9-20)24-11-7-6-10-22(24)18-34-36/h6-7,10-14,16-18,20,27H,3-5,8-9,15H2,1-2H3,(H4,31,32,33,35). The molecule has 0 spiro atoms. The van der Waals surface area contributed by atoms with Crippen LogP contribution >= 0.6 is 0 Å². The fraction of sp³-hybridized carbons (Fsp3) is 0.333. The van der Waals surface area contributed by atoms with Gasteiger partial charge in [-0.3, -0.25) is 4.79 Å². The third-order valence-corrected chi connectivity index (χ3v) is 7.51. The summed E-state index contributed by atoms with van der Waals surface area (Å²) in [6.45, 7) is 0. The molecular formula is C30H34N6O3. The molecular weight excluding hydrogens is 492 g/mol. The number of amides is 1. The van der Waals surface area contributed by atoms with Crippen molar-refractivity contribution in [1.82, 2.24) is 15.0 Å². The Morgan fingerprint density at radius 2 is 1.90 bits per heavy atom. The van der Waals surface area contributed by atoms with Crippen LogP contribution in [0.5, 0.6) is 11.5 Å². The number of hydrogen-bond acceptors (Lipinski definition) is 8. The summed E-state index contributed by atoms with van der Waals surface area (Å²) < 4.78 is 11.3. The number of hydrazone groups is 1. The minimum atomic E-state index is -0.182. The van der Waals surface area contributed by atoms with E-state index in [9.17, 15) is 4.79 Å². The molecule has 1 amide bonds. The SMILES string of the molecule is COc1cc(Cc2cnc(N)nc2N)cc(C=CC(=O)N2N=Cc3ccccc3C2C2CCCCC2)c1OC. The van der Waals surface area contributed by atoms with Gasteiger partial charge in [0, 0.05) is 29.8 Å². The highest BCUT2D eigenvalue weighted by Gasteiger charge is 2.35. The summed E-state index contributed by atoms with van der Waals surface area (Å²) in [4.78, 5) is 21.8. The van der Waals surface area contributed by atoms with Gasteiger partial charge >= 0.3 is 0 Å². The molecule has 0 radical (unpaired) electrons. The molecule has 1 aliphatic carbocycles. The van der Waals surface area contributed by atoms with E-state index in [0.29, 0.717) is 35.2 Å². The molecule has 4 N–H and O–H groups in total. The van der Waals surface area contributed by atoms with Crippen molar-refractivity contribution in [2.75, 3.05) is 25.7 Å². The molecule has 1 aliphatic heterocycles. The molecule has 3 aromatic rings. The predicted molar refractivity (Wildman–Crippen MR) is 152 cm³/mol. The molecule has 39 heavy (non-hydrogen) atoms. The van der Waals surface area contributed by atoms with Gasteiger partial charge in [-0.25, -0.2) is 9.99 Å². The normalized spacial score (nSPS) is 17.3. The van der Waals surface area contributed by atoms with Gasteiger partial charge in [-0.05, 0) is 53.7 Å². The summed E-state index contributed by atoms with van der Waals surface area (Å²) in [5.74, 6) is 1.71. The average molecular weight is 527 g/mol. The van der Waals surface area contributed by atoms with Crippen molar-refractivity contribution >= 4 is 30.0 Å². The Hall–Kier alpha value is -4.40. The number of nitrogens with two attached hydrogens (primary N) is 2. The van der Waals surface area contributed by atoms with Gasteiger partial charge in [0.25, 0.3) is 5.91 Å². The molecule has 9 heteroatoms. The van der Waals surface area contributed by atoms with Crippen LogP contribution in [0.2, 0.25) is 0 Å². The van der Waals surface area contributed by atoms with Crippen LogP contribution in [-0.2, 0) is 11.2 Å². The summed E-state index contributed by atoms with van der Waals surface area (Å²) in [5, 5.41) is 6.27. The fourth-order valence-corrected chi connectivity index (χ4v) is 5.63. The minimum Gasteiger partial charge on any atom is -0.493 e. The van der Waals surface area contributed by atoms with Crippen LogP contribution in [-0.4, -0.2) is 41.3 Å². The third-order valence-electron chi connectivity index (χ3n) is 7.51. The lowest BCUT2D eigenvalue weighted by Crippen LogP contribution is -2.37. The number of hydrogen-bond donors (Lipinski definition) is 2. The maximum atomic E-state index is 13.6.